The third-order valence-electron chi connectivity index (χ3n) is 7.70. The predicted octanol–water partition coefficient (Wildman–Crippen LogP) is 8.16. The molecule has 0 aromatic heterocycles. The van der Waals surface area contributed by atoms with Crippen LogP contribution < -0.4 is 0 Å². The number of fused-ring (bicyclic) bond motifs is 1. The molecule has 0 bridgehead atoms. The van der Waals surface area contributed by atoms with Crippen LogP contribution in [0.1, 0.15) is 64.3 Å². The van der Waals surface area contributed by atoms with Crippen molar-refractivity contribution in [2.75, 3.05) is 7.11 Å². The van der Waals surface area contributed by atoms with Gasteiger partial charge in [-0.1, -0.05) is 101 Å². The van der Waals surface area contributed by atoms with Crippen LogP contribution in [0, 0.1) is 5.92 Å². The van der Waals surface area contributed by atoms with E-state index in [1.807, 2.05) is 60.7 Å². The Balaban J connectivity index is 1.94. The van der Waals surface area contributed by atoms with Gasteiger partial charge in [0.1, 0.15) is 6.10 Å². The van der Waals surface area contributed by atoms with Crippen LogP contribution in [0.25, 0.3) is 10.8 Å². The topological polar surface area (TPSA) is 44.8 Å². The Morgan fingerprint density at radius 1 is 0.889 bits per heavy atom. The third-order valence-corrected chi connectivity index (χ3v) is 12.2. The van der Waals surface area contributed by atoms with Gasteiger partial charge in [-0.05, 0) is 52.9 Å². The number of hydrogen-bond acceptors (Lipinski definition) is 4. The zero-order valence-corrected chi connectivity index (χ0v) is 24.3. The molecule has 2 atom stereocenters. The van der Waals surface area contributed by atoms with Crippen LogP contribution in [0.4, 0.5) is 0 Å². The first-order valence-electron chi connectivity index (χ1n) is 12.8. The summed E-state index contributed by atoms with van der Waals surface area (Å²) in [6.45, 7) is 17.7. The molecule has 36 heavy (non-hydrogen) atoms. The smallest absolute Gasteiger partial charge is 0.343 e. The summed E-state index contributed by atoms with van der Waals surface area (Å²) in [4.78, 5) is 13.8. The number of hydrogen-bond donors (Lipinski definition) is 0. The number of rotatable bonds is 9. The van der Waals surface area contributed by atoms with E-state index < -0.39 is 26.0 Å². The Hall–Kier alpha value is -2.47. The van der Waals surface area contributed by atoms with Gasteiger partial charge in [-0.25, -0.2) is 4.79 Å². The normalized spacial score (nSPS) is 15.1. The molecular weight excluding hydrogens is 464 g/mol. The van der Waals surface area contributed by atoms with Crippen molar-refractivity contribution in [2.45, 2.75) is 78.0 Å². The Labute approximate surface area is 218 Å². The maximum Gasteiger partial charge on any atom is 0.343 e. The minimum atomic E-state index is -1.94. The van der Waals surface area contributed by atoms with Crippen molar-refractivity contribution in [1.29, 1.82) is 0 Å². The molecule has 0 saturated carbocycles. The first-order chi connectivity index (χ1) is 16.8. The molecule has 0 spiro atoms. The van der Waals surface area contributed by atoms with E-state index in [9.17, 15) is 4.79 Å². The highest BCUT2D eigenvalue weighted by atomic mass is 28.4. The van der Waals surface area contributed by atoms with Gasteiger partial charge in [0.25, 0.3) is 0 Å². The van der Waals surface area contributed by atoms with Crippen molar-refractivity contribution >= 4 is 25.1 Å². The first-order valence-corrected chi connectivity index (χ1v) is 15.7. The number of esters is 1. The summed E-state index contributed by atoms with van der Waals surface area (Å²) in [5.74, 6) is -0.336. The number of ether oxygens (including phenoxy) is 2. The van der Waals surface area contributed by atoms with Gasteiger partial charge in [0.05, 0.1) is 6.61 Å². The molecular formula is C31H42O4Si. The lowest BCUT2D eigenvalue weighted by atomic mass is 9.90. The zero-order chi connectivity index (χ0) is 26.7. The highest BCUT2D eigenvalue weighted by Gasteiger charge is 2.41. The number of carbonyl (C=O) groups excluding carboxylic acids is 1. The second-order valence-electron chi connectivity index (χ2n) is 11.6. The molecule has 4 nitrogen and oxygen atoms in total. The molecule has 0 aliphatic carbocycles. The molecule has 3 aromatic carbocycles. The fourth-order valence-corrected chi connectivity index (χ4v) is 5.10. The summed E-state index contributed by atoms with van der Waals surface area (Å²) in [7, 11) is -0.374. The van der Waals surface area contributed by atoms with E-state index in [1.54, 1.807) is 14.0 Å². The van der Waals surface area contributed by atoms with Gasteiger partial charge in [-0.15, -0.1) is 0 Å². The van der Waals surface area contributed by atoms with Crippen LogP contribution >= 0.6 is 0 Å². The van der Waals surface area contributed by atoms with Crippen LogP contribution in [0.15, 0.2) is 66.7 Å². The predicted molar refractivity (Wildman–Crippen MR) is 150 cm³/mol. The van der Waals surface area contributed by atoms with Gasteiger partial charge in [0.2, 0.25) is 0 Å². The van der Waals surface area contributed by atoms with Gasteiger partial charge < -0.3 is 13.9 Å². The van der Waals surface area contributed by atoms with Crippen LogP contribution in [0.5, 0.6) is 0 Å². The van der Waals surface area contributed by atoms with E-state index in [0.717, 1.165) is 27.5 Å². The maximum absolute atomic E-state index is 13.8. The fraction of sp³-hybridized carbons (Fsp3) is 0.452. The molecule has 3 aromatic rings. The minimum absolute atomic E-state index is 0.0663. The van der Waals surface area contributed by atoms with Crippen LogP contribution in [-0.4, -0.2) is 21.4 Å². The lowest BCUT2D eigenvalue weighted by molar-refractivity contribution is -0.176. The van der Waals surface area contributed by atoms with Crippen LogP contribution in [-0.2, 0) is 30.9 Å². The number of methoxy groups -OCH3 is 1. The van der Waals surface area contributed by atoms with Crippen molar-refractivity contribution in [2.24, 2.45) is 5.92 Å². The van der Waals surface area contributed by atoms with Crippen LogP contribution in [0.2, 0.25) is 18.1 Å². The van der Waals surface area contributed by atoms with E-state index in [4.69, 9.17) is 13.9 Å². The molecule has 1 unspecified atom stereocenters. The molecule has 3 rings (SSSR count). The third kappa shape index (κ3) is 5.74. The van der Waals surface area contributed by atoms with E-state index in [-0.39, 0.29) is 11.0 Å². The van der Waals surface area contributed by atoms with Crippen molar-refractivity contribution in [3.63, 3.8) is 0 Å². The summed E-state index contributed by atoms with van der Waals surface area (Å²) in [5.41, 5.74) is 1.58. The highest BCUT2D eigenvalue weighted by Crippen LogP contribution is 2.39. The molecule has 0 fully saturated rings. The SMILES string of the molecule is CO[C@](C)(C(=O)OC(c1ccccc1CO[Si](C)(C)C(C)(C)C)C(C)C)c1cccc2ccccc12. The molecule has 0 saturated heterocycles. The maximum atomic E-state index is 13.8. The van der Waals surface area contributed by atoms with Gasteiger partial charge >= 0.3 is 5.97 Å². The lowest BCUT2D eigenvalue weighted by Gasteiger charge is -2.36. The monoisotopic (exact) mass is 506 g/mol. The second-order valence-corrected chi connectivity index (χ2v) is 16.4. The Morgan fingerprint density at radius 3 is 2.14 bits per heavy atom. The average molecular weight is 507 g/mol. The summed E-state index contributed by atoms with van der Waals surface area (Å²) in [6.07, 6.45) is -0.429. The van der Waals surface area contributed by atoms with Gasteiger partial charge in [-0.2, -0.15) is 0 Å². The minimum Gasteiger partial charge on any atom is -0.455 e. The standard InChI is InChI=1S/C31H42O4Si/c1-22(2)28(26-19-13-11-16-24(26)21-34-36(8,9)30(3,4)5)35-29(32)31(6,33-7)27-20-14-17-23-15-10-12-18-25(23)27/h10-20,22,28H,21H2,1-9H3/t28?,31-/m0/s1. The Kier molecular flexibility index (Phi) is 8.49. The molecule has 0 radical (unpaired) electrons. The summed E-state index contributed by atoms with van der Waals surface area (Å²) >= 11 is 0. The summed E-state index contributed by atoms with van der Waals surface area (Å²) < 4.78 is 18.7. The quantitative estimate of drug-likeness (QED) is 0.217. The van der Waals surface area contributed by atoms with Gasteiger partial charge in [-0.3, -0.25) is 0 Å². The largest absolute Gasteiger partial charge is 0.455 e. The molecule has 194 valence electrons. The van der Waals surface area contributed by atoms with Gasteiger partial charge in [0.15, 0.2) is 13.9 Å². The second kappa shape index (κ2) is 10.9. The Bertz CT molecular complexity index is 1190. The van der Waals surface area contributed by atoms with Crippen molar-refractivity contribution in [1.82, 2.24) is 0 Å². The van der Waals surface area contributed by atoms with E-state index in [2.05, 4.69) is 53.8 Å². The van der Waals surface area contributed by atoms with E-state index >= 15 is 0 Å². The highest BCUT2D eigenvalue weighted by molar-refractivity contribution is 6.74. The zero-order valence-electron chi connectivity index (χ0n) is 23.3. The molecule has 0 amide bonds. The fourth-order valence-electron chi connectivity index (χ4n) is 4.15. The molecule has 0 aliphatic rings. The molecule has 0 N–H and O–H groups in total. The number of carbonyl (C=O) groups is 1. The van der Waals surface area contributed by atoms with Crippen molar-refractivity contribution < 1.29 is 18.7 Å². The van der Waals surface area contributed by atoms with Crippen molar-refractivity contribution in [3.8, 4) is 0 Å². The van der Waals surface area contributed by atoms with E-state index in [0.29, 0.717) is 6.61 Å². The summed E-state index contributed by atoms with van der Waals surface area (Å²) in [5, 5.41) is 2.15. The van der Waals surface area contributed by atoms with E-state index in [1.165, 1.54) is 0 Å². The molecule has 5 heteroatoms. The molecule has 0 heterocycles. The number of benzene rings is 3. The summed E-state index contributed by atoms with van der Waals surface area (Å²) in [6, 6.07) is 22.1. The molecule has 0 aliphatic heterocycles. The lowest BCUT2D eigenvalue weighted by Crippen LogP contribution is -2.40. The average Bonchev–Trinajstić information content (AvgIpc) is 2.84. The first kappa shape index (κ1) is 28.1. The Morgan fingerprint density at radius 2 is 1.50 bits per heavy atom. The van der Waals surface area contributed by atoms with Gasteiger partial charge in [0, 0.05) is 12.7 Å². The van der Waals surface area contributed by atoms with Crippen molar-refractivity contribution in [3.05, 3.63) is 83.4 Å². The van der Waals surface area contributed by atoms with Crippen LogP contribution in [0.3, 0.4) is 0 Å².